The van der Waals surface area contributed by atoms with E-state index in [1.165, 1.54) is 0 Å². The van der Waals surface area contributed by atoms with E-state index in [-0.39, 0.29) is 36.3 Å². The Morgan fingerprint density at radius 3 is 1.71 bits per heavy atom. The normalized spacial score (nSPS) is 19.4. The van der Waals surface area contributed by atoms with Crippen LogP contribution in [-0.4, -0.2) is 120 Å². The zero-order valence-corrected chi connectivity index (χ0v) is 37.6. The van der Waals surface area contributed by atoms with E-state index in [1.54, 1.807) is 12.1 Å². The van der Waals surface area contributed by atoms with Gasteiger partial charge in [-0.2, -0.15) is 9.97 Å². The van der Waals surface area contributed by atoms with Gasteiger partial charge in [-0.3, -0.25) is 4.21 Å². The Hall–Kier alpha value is -5.38. The van der Waals surface area contributed by atoms with Crippen molar-refractivity contribution in [3.8, 4) is 0 Å². The van der Waals surface area contributed by atoms with E-state index in [0.29, 0.717) is 112 Å². The Labute approximate surface area is 380 Å². The molecule has 4 aromatic carbocycles. The molecule has 2 saturated heterocycles. The van der Waals surface area contributed by atoms with E-state index in [1.807, 2.05) is 77.7 Å². The van der Waals surface area contributed by atoms with Crippen LogP contribution in [0.25, 0.3) is 21.8 Å². The van der Waals surface area contributed by atoms with Gasteiger partial charge in [0.15, 0.2) is 9.84 Å². The van der Waals surface area contributed by atoms with Crippen LogP contribution in [0.4, 0.5) is 23.5 Å². The molecular formula is C46H54N10O7S2. The molecule has 4 aliphatic heterocycles. The molecule has 1 atom stereocenters. The van der Waals surface area contributed by atoms with Crippen LogP contribution < -0.4 is 31.9 Å². The molecule has 0 saturated carbocycles. The first kappa shape index (κ1) is 44.8. The largest absolute Gasteiger partial charge is 0.392 e. The fourth-order valence-corrected chi connectivity index (χ4v) is 11.1. The minimum Gasteiger partial charge on any atom is -0.392 e. The molecule has 19 heteroatoms. The summed E-state index contributed by atoms with van der Waals surface area (Å²) in [6.45, 7) is 6.46. The standard InChI is InChI=1S/C23H27N5O4S.C23H27N5O3S/c24-12-23(14-32-15-23)13-25-21-18-9-16(11-29)5-6-19(18)26-22(27-21)28-7-8-33(30,31)20-4-2-1-3-17(20)10-28;24-12-23(14-31-15-23)13-25-21-18-9-16(11-29)5-6-19(18)26-22(27-21)28-7-8-32(30)20-4-2-1-3-17(20)10-28/h1-6,9,29H,7-8,10-15,24H2,(H,25,26,27);1-6,9,29H,7-8,10-15,24H2,(H,25,26,27). The van der Waals surface area contributed by atoms with Crippen LogP contribution in [-0.2, 0) is 56.4 Å². The van der Waals surface area contributed by atoms with Gasteiger partial charge in [0, 0.05) is 84.6 Å². The van der Waals surface area contributed by atoms with Gasteiger partial charge in [0.25, 0.3) is 0 Å². The molecule has 6 aromatic rings. The highest BCUT2D eigenvalue weighted by atomic mass is 32.2. The van der Waals surface area contributed by atoms with Crippen molar-refractivity contribution in [2.45, 2.75) is 36.1 Å². The summed E-state index contributed by atoms with van der Waals surface area (Å²) in [6.07, 6.45) is 0. The van der Waals surface area contributed by atoms with Crippen LogP contribution in [0.2, 0.25) is 0 Å². The molecule has 6 heterocycles. The molecule has 2 aromatic heterocycles. The molecule has 342 valence electrons. The lowest BCUT2D eigenvalue weighted by atomic mass is 9.86. The first-order valence-corrected chi connectivity index (χ1v) is 24.6. The number of rotatable bonds is 12. The van der Waals surface area contributed by atoms with Crippen molar-refractivity contribution >= 4 is 66.0 Å². The Morgan fingerprint density at radius 2 is 1.18 bits per heavy atom. The lowest BCUT2D eigenvalue weighted by Gasteiger charge is -2.40. The molecule has 0 aliphatic carbocycles. The number of sulfone groups is 1. The lowest BCUT2D eigenvalue weighted by molar-refractivity contribution is -0.0979. The average Bonchev–Trinajstić information content (AvgIpc) is 3.56. The van der Waals surface area contributed by atoms with Gasteiger partial charge in [-0.25, -0.2) is 18.4 Å². The second-order valence-corrected chi connectivity index (χ2v) is 20.9. The molecular weight excluding hydrogens is 869 g/mol. The minimum absolute atomic E-state index is 0.00868. The summed E-state index contributed by atoms with van der Waals surface area (Å²) in [4.78, 5) is 24.5. The van der Waals surface area contributed by atoms with E-state index >= 15 is 0 Å². The lowest BCUT2D eigenvalue weighted by Crippen LogP contribution is -2.52. The van der Waals surface area contributed by atoms with Crippen LogP contribution >= 0.6 is 0 Å². The van der Waals surface area contributed by atoms with Crippen LogP contribution in [0.15, 0.2) is 94.7 Å². The van der Waals surface area contributed by atoms with Gasteiger partial charge in [-0.1, -0.05) is 48.5 Å². The number of ether oxygens (including phenoxy) is 2. The molecule has 2 fully saturated rings. The summed E-state index contributed by atoms with van der Waals surface area (Å²) in [7, 11) is -4.42. The number of aliphatic hydroxyl groups excluding tert-OH is 2. The summed E-state index contributed by atoms with van der Waals surface area (Å²) < 4.78 is 49.0. The van der Waals surface area contributed by atoms with Crippen LogP contribution in [0, 0.1) is 10.8 Å². The molecule has 0 spiro atoms. The van der Waals surface area contributed by atoms with Gasteiger partial charge < -0.3 is 51.6 Å². The van der Waals surface area contributed by atoms with Crippen molar-refractivity contribution < 1.29 is 32.3 Å². The quantitative estimate of drug-likeness (QED) is 0.103. The van der Waals surface area contributed by atoms with E-state index in [4.69, 9.17) is 40.9 Å². The Balaban J connectivity index is 0.000000164. The molecule has 4 aliphatic rings. The highest BCUT2D eigenvalue weighted by Gasteiger charge is 2.38. The van der Waals surface area contributed by atoms with E-state index in [0.717, 1.165) is 43.4 Å². The number of aromatic nitrogens is 4. The third kappa shape index (κ3) is 9.37. The zero-order valence-electron chi connectivity index (χ0n) is 36.0. The Kier molecular flexibility index (Phi) is 13.0. The summed E-state index contributed by atoms with van der Waals surface area (Å²) >= 11 is 0. The third-order valence-corrected chi connectivity index (χ3v) is 15.8. The minimum atomic E-state index is -3.38. The summed E-state index contributed by atoms with van der Waals surface area (Å²) in [5.41, 5.74) is 16.6. The number of benzene rings is 4. The smallest absolute Gasteiger partial charge is 0.228 e. The maximum Gasteiger partial charge on any atom is 0.228 e. The van der Waals surface area contributed by atoms with Crippen molar-refractivity contribution in [3.05, 3.63) is 107 Å². The maximum absolute atomic E-state index is 12.8. The fourth-order valence-electron chi connectivity index (χ4n) is 8.33. The third-order valence-electron chi connectivity index (χ3n) is 12.6. The molecule has 0 amide bonds. The van der Waals surface area contributed by atoms with E-state index in [9.17, 15) is 22.8 Å². The van der Waals surface area contributed by atoms with Gasteiger partial charge in [0.2, 0.25) is 11.9 Å². The van der Waals surface area contributed by atoms with Gasteiger partial charge in [-0.05, 0) is 58.7 Å². The summed E-state index contributed by atoms with van der Waals surface area (Å²) in [5.74, 6) is 2.91. The van der Waals surface area contributed by atoms with Gasteiger partial charge in [0.05, 0.1) is 72.1 Å². The monoisotopic (exact) mass is 922 g/mol. The molecule has 1 unspecified atom stereocenters. The predicted octanol–water partition coefficient (Wildman–Crippen LogP) is 2.94. The Morgan fingerprint density at radius 1 is 0.677 bits per heavy atom. The topological polar surface area (TPSA) is 244 Å². The number of nitrogens with one attached hydrogen (secondary N) is 2. The predicted molar refractivity (Wildman–Crippen MR) is 251 cm³/mol. The van der Waals surface area contributed by atoms with Crippen molar-refractivity contribution in [2.75, 3.05) is 97.6 Å². The SMILES string of the molecule is NCC1(CNc2nc(N3CCS(=O)(=O)c4ccccc4C3)nc3ccc(CO)cc23)COC1.NCC1(CNc2nc(N3CCS(=O)c4ccccc4C3)nc3ccc(CO)cc23)COC1. The molecule has 0 bridgehead atoms. The number of hydrogen-bond donors (Lipinski definition) is 6. The van der Waals surface area contributed by atoms with Crippen LogP contribution in [0.1, 0.15) is 22.3 Å². The molecule has 8 N–H and O–H groups in total. The number of nitrogens with two attached hydrogens (primary N) is 2. The number of nitrogens with zero attached hydrogens (tertiary/aromatic N) is 6. The maximum atomic E-state index is 12.8. The number of aliphatic hydroxyl groups is 2. The van der Waals surface area contributed by atoms with Gasteiger partial charge >= 0.3 is 0 Å². The van der Waals surface area contributed by atoms with Gasteiger partial charge in [0.1, 0.15) is 11.6 Å². The fraction of sp³-hybridized carbons (Fsp3) is 0.391. The highest BCUT2D eigenvalue weighted by molar-refractivity contribution is 7.91. The highest BCUT2D eigenvalue weighted by Crippen LogP contribution is 2.33. The van der Waals surface area contributed by atoms with Crippen molar-refractivity contribution in [2.24, 2.45) is 22.3 Å². The summed E-state index contributed by atoms with van der Waals surface area (Å²) in [5, 5.41) is 27.8. The summed E-state index contributed by atoms with van der Waals surface area (Å²) in [6, 6.07) is 26.2. The first-order valence-electron chi connectivity index (χ1n) is 21.7. The molecule has 0 radical (unpaired) electrons. The number of anilines is 4. The molecule has 17 nitrogen and oxygen atoms in total. The molecule has 65 heavy (non-hydrogen) atoms. The van der Waals surface area contributed by atoms with E-state index < -0.39 is 20.6 Å². The van der Waals surface area contributed by atoms with Crippen LogP contribution in [0.5, 0.6) is 0 Å². The number of fused-ring (bicyclic) bond motifs is 4. The first-order chi connectivity index (χ1) is 31.5. The van der Waals surface area contributed by atoms with E-state index in [2.05, 4.69) is 15.5 Å². The zero-order chi connectivity index (χ0) is 45.2. The van der Waals surface area contributed by atoms with Crippen molar-refractivity contribution in [1.82, 2.24) is 19.9 Å². The van der Waals surface area contributed by atoms with Crippen LogP contribution in [0.3, 0.4) is 0 Å². The molecule has 10 rings (SSSR count). The van der Waals surface area contributed by atoms with Crippen molar-refractivity contribution in [3.63, 3.8) is 0 Å². The second-order valence-electron chi connectivity index (χ2n) is 17.3. The average molecular weight is 923 g/mol. The second kappa shape index (κ2) is 18.8. The Bertz CT molecular complexity index is 2830. The van der Waals surface area contributed by atoms with Crippen molar-refractivity contribution in [1.29, 1.82) is 0 Å². The van der Waals surface area contributed by atoms with Gasteiger partial charge in [-0.15, -0.1) is 0 Å². The number of hydrogen-bond acceptors (Lipinski definition) is 17.